The molecule has 22 heavy (non-hydrogen) atoms. The number of methoxy groups -OCH3 is 1. The highest BCUT2D eigenvalue weighted by Crippen LogP contribution is 2.51. The molecule has 2 aromatic carbocycles. The number of ether oxygens (including phenoxy) is 2. The van der Waals surface area contributed by atoms with Crippen LogP contribution in [0.3, 0.4) is 0 Å². The monoisotopic (exact) mass is 302 g/mol. The molecule has 0 bridgehead atoms. The number of Topliss-reactive ketones (excluding diaryl/α,β-unsaturated/α-hetero) is 1. The number of rotatable bonds is 2. The minimum absolute atomic E-state index is 0.0408. The normalized spacial score (nSPS) is 20.2. The van der Waals surface area contributed by atoms with E-state index in [2.05, 4.69) is 0 Å². The van der Waals surface area contributed by atoms with E-state index in [1.165, 1.54) is 7.11 Å². The third-order valence-corrected chi connectivity index (χ3v) is 3.58. The molecule has 114 valence electrons. The van der Waals surface area contributed by atoms with E-state index in [1.54, 1.807) is 30.3 Å². The van der Waals surface area contributed by atoms with Crippen molar-refractivity contribution in [2.24, 2.45) is 0 Å². The summed E-state index contributed by atoms with van der Waals surface area (Å²) in [6.45, 7) is 0. The third kappa shape index (κ3) is 2.05. The highest BCUT2D eigenvalue weighted by Gasteiger charge is 2.41. The molecule has 3 rings (SSSR count). The van der Waals surface area contributed by atoms with Crippen molar-refractivity contribution in [1.29, 1.82) is 0 Å². The van der Waals surface area contributed by atoms with E-state index in [4.69, 9.17) is 9.47 Å². The molecule has 1 heterocycles. The van der Waals surface area contributed by atoms with Gasteiger partial charge in [-0.3, -0.25) is 4.79 Å². The Morgan fingerprint density at radius 3 is 2.45 bits per heavy atom. The summed E-state index contributed by atoms with van der Waals surface area (Å²) in [5.74, 6) is -1.45. The Labute approximate surface area is 126 Å². The van der Waals surface area contributed by atoms with Crippen molar-refractivity contribution in [3.05, 3.63) is 47.5 Å². The van der Waals surface area contributed by atoms with E-state index in [9.17, 15) is 20.1 Å². The smallest absolute Gasteiger partial charge is 0.211 e. The van der Waals surface area contributed by atoms with E-state index < -0.39 is 23.7 Å². The SMILES string of the molecule is COc1c(O)cc(O)c2c1OC(c1ccccc1)C(=O)C2O. The maximum atomic E-state index is 12.3. The van der Waals surface area contributed by atoms with Crippen molar-refractivity contribution in [3.8, 4) is 23.0 Å². The van der Waals surface area contributed by atoms with E-state index in [0.29, 0.717) is 5.56 Å². The topological polar surface area (TPSA) is 96.2 Å². The van der Waals surface area contributed by atoms with Gasteiger partial charge in [-0.25, -0.2) is 0 Å². The van der Waals surface area contributed by atoms with Crippen LogP contribution in [0.15, 0.2) is 36.4 Å². The van der Waals surface area contributed by atoms with Crippen LogP contribution in [0.2, 0.25) is 0 Å². The Hall–Kier alpha value is -2.73. The zero-order valence-corrected chi connectivity index (χ0v) is 11.7. The van der Waals surface area contributed by atoms with Crippen LogP contribution in [-0.2, 0) is 4.79 Å². The minimum Gasteiger partial charge on any atom is -0.507 e. The first kappa shape index (κ1) is 14.2. The van der Waals surface area contributed by atoms with Gasteiger partial charge >= 0.3 is 0 Å². The van der Waals surface area contributed by atoms with Crippen molar-refractivity contribution in [3.63, 3.8) is 0 Å². The molecular formula is C16H14O6. The number of carbonyl (C=O) groups is 1. The number of aliphatic hydroxyl groups is 1. The van der Waals surface area contributed by atoms with E-state index in [-0.39, 0.29) is 22.8 Å². The van der Waals surface area contributed by atoms with Crippen molar-refractivity contribution in [1.82, 2.24) is 0 Å². The quantitative estimate of drug-likeness (QED) is 0.783. The van der Waals surface area contributed by atoms with E-state index >= 15 is 0 Å². The molecule has 0 spiro atoms. The summed E-state index contributed by atoms with van der Waals surface area (Å²) in [7, 11) is 1.32. The largest absolute Gasteiger partial charge is 0.507 e. The number of phenols is 2. The molecule has 0 saturated heterocycles. The molecule has 6 heteroatoms. The van der Waals surface area contributed by atoms with Crippen LogP contribution >= 0.6 is 0 Å². The average molecular weight is 302 g/mol. The summed E-state index contributed by atoms with van der Waals surface area (Å²) in [6, 6.07) is 9.65. The van der Waals surface area contributed by atoms with Crippen LogP contribution in [0, 0.1) is 0 Å². The zero-order valence-electron chi connectivity index (χ0n) is 11.7. The molecule has 0 radical (unpaired) electrons. The molecule has 1 aliphatic heterocycles. The molecule has 2 atom stereocenters. The van der Waals surface area contributed by atoms with Gasteiger partial charge in [0.1, 0.15) is 11.9 Å². The second-order valence-electron chi connectivity index (χ2n) is 4.90. The van der Waals surface area contributed by atoms with Gasteiger partial charge in [-0.2, -0.15) is 0 Å². The first-order valence-electron chi connectivity index (χ1n) is 6.60. The van der Waals surface area contributed by atoms with Crippen molar-refractivity contribution in [2.45, 2.75) is 12.2 Å². The molecule has 0 fully saturated rings. The molecule has 0 saturated carbocycles. The van der Waals surface area contributed by atoms with Gasteiger partial charge in [0.15, 0.2) is 17.6 Å². The van der Waals surface area contributed by atoms with Gasteiger partial charge < -0.3 is 24.8 Å². The van der Waals surface area contributed by atoms with Gasteiger partial charge in [0.05, 0.1) is 12.7 Å². The summed E-state index contributed by atoms with van der Waals surface area (Å²) < 4.78 is 10.7. The van der Waals surface area contributed by atoms with Crippen molar-refractivity contribution >= 4 is 5.78 Å². The first-order valence-corrected chi connectivity index (χ1v) is 6.60. The van der Waals surface area contributed by atoms with Crippen LogP contribution in [0.25, 0.3) is 0 Å². The van der Waals surface area contributed by atoms with Gasteiger partial charge in [-0.05, 0) is 5.56 Å². The fourth-order valence-corrected chi connectivity index (χ4v) is 2.53. The van der Waals surface area contributed by atoms with Gasteiger partial charge in [0.2, 0.25) is 11.5 Å². The average Bonchev–Trinajstić information content (AvgIpc) is 2.51. The number of fused-ring (bicyclic) bond motifs is 1. The highest BCUT2D eigenvalue weighted by molar-refractivity contribution is 5.93. The molecule has 2 aromatic rings. The molecule has 1 aliphatic rings. The summed E-state index contributed by atoms with van der Waals surface area (Å²) in [6.07, 6.45) is -2.61. The number of aliphatic hydroxyl groups excluding tert-OH is 1. The number of ketones is 1. The highest BCUT2D eigenvalue weighted by atomic mass is 16.5. The number of hydrogen-bond acceptors (Lipinski definition) is 6. The number of aromatic hydroxyl groups is 2. The maximum Gasteiger partial charge on any atom is 0.211 e. The Morgan fingerprint density at radius 1 is 1.14 bits per heavy atom. The Kier molecular flexibility index (Phi) is 3.38. The fraction of sp³-hybridized carbons (Fsp3) is 0.188. The molecule has 3 N–H and O–H groups in total. The predicted molar refractivity (Wildman–Crippen MR) is 76.1 cm³/mol. The molecule has 0 aliphatic carbocycles. The second-order valence-corrected chi connectivity index (χ2v) is 4.90. The lowest BCUT2D eigenvalue weighted by Crippen LogP contribution is -2.30. The standard InChI is InChI=1S/C16H14O6/c1-21-15-10(18)7-9(17)11-12(19)13(20)14(22-16(11)15)8-5-3-2-4-6-8/h2-7,12,14,17-19H,1H3. The Morgan fingerprint density at radius 2 is 1.82 bits per heavy atom. The number of benzene rings is 2. The number of phenolic OH excluding ortho intramolecular Hbond substituents is 2. The summed E-state index contributed by atoms with van der Waals surface area (Å²) in [4.78, 5) is 12.3. The van der Waals surface area contributed by atoms with E-state index in [1.807, 2.05) is 0 Å². The molecule has 2 unspecified atom stereocenters. The number of hydrogen-bond donors (Lipinski definition) is 3. The Bertz CT molecular complexity index is 725. The van der Waals surface area contributed by atoms with Gasteiger partial charge in [-0.1, -0.05) is 30.3 Å². The van der Waals surface area contributed by atoms with Gasteiger partial charge in [-0.15, -0.1) is 0 Å². The molecule has 0 amide bonds. The van der Waals surface area contributed by atoms with Crippen LogP contribution in [0.5, 0.6) is 23.0 Å². The lowest BCUT2D eigenvalue weighted by molar-refractivity contribution is -0.137. The van der Waals surface area contributed by atoms with Crippen molar-refractivity contribution < 1.29 is 29.6 Å². The van der Waals surface area contributed by atoms with Crippen LogP contribution in [0.4, 0.5) is 0 Å². The van der Waals surface area contributed by atoms with Gasteiger partial charge in [0, 0.05) is 6.07 Å². The maximum absolute atomic E-state index is 12.3. The van der Waals surface area contributed by atoms with Crippen LogP contribution in [0.1, 0.15) is 23.3 Å². The summed E-state index contributed by atoms with van der Waals surface area (Å²) >= 11 is 0. The lowest BCUT2D eigenvalue weighted by Gasteiger charge is -2.30. The second kappa shape index (κ2) is 5.23. The minimum atomic E-state index is -1.57. The first-order chi connectivity index (χ1) is 10.5. The Balaban J connectivity index is 2.17. The molecular weight excluding hydrogens is 288 g/mol. The predicted octanol–water partition coefficient (Wildman–Crippen LogP) is 1.84. The van der Waals surface area contributed by atoms with Crippen molar-refractivity contribution in [2.75, 3.05) is 7.11 Å². The zero-order chi connectivity index (χ0) is 15.9. The van der Waals surface area contributed by atoms with Crippen LogP contribution in [-0.4, -0.2) is 28.2 Å². The molecule has 0 aromatic heterocycles. The number of carbonyl (C=O) groups excluding carboxylic acids is 1. The fourth-order valence-electron chi connectivity index (χ4n) is 2.53. The summed E-state index contributed by atoms with van der Waals surface area (Å²) in [5.41, 5.74) is 0.453. The summed E-state index contributed by atoms with van der Waals surface area (Å²) in [5, 5.41) is 29.9. The lowest BCUT2D eigenvalue weighted by atomic mass is 9.92. The van der Waals surface area contributed by atoms with E-state index in [0.717, 1.165) is 6.07 Å². The molecule has 6 nitrogen and oxygen atoms in total. The van der Waals surface area contributed by atoms with Gasteiger partial charge in [0.25, 0.3) is 0 Å². The third-order valence-electron chi connectivity index (χ3n) is 3.58. The van der Waals surface area contributed by atoms with Crippen LogP contribution < -0.4 is 9.47 Å².